The van der Waals surface area contributed by atoms with E-state index in [9.17, 15) is 0 Å². The van der Waals surface area contributed by atoms with Gasteiger partial charge in [0.15, 0.2) is 0 Å². The second-order valence-electron chi connectivity index (χ2n) is 15.8. The van der Waals surface area contributed by atoms with Gasteiger partial charge in [0.1, 0.15) is 0 Å². The molecule has 0 N–H and O–H groups in total. The van der Waals surface area contributed by atoms with Crippen LogP contribution in [-0.2, 0) is 10.8 Å². The van der Waals surface area contributed by atoms with Crippen molar-refractivity contribution < 1.29 is 0 Å². The first-order valence-corrected chi connectivity index (χ1v) is 19.2. The molecule has 0 atom stereocenters. The van der Waals surface area contributed by atoms with Gasteiger partial charge in [0.25, 0.3) is 0 Å². The van der Waals surface area contributed by atoms with E-state index in [4.69, 9.17) is 0 Å². The predicted octanol–water partition coefficient (Wildman–Crippen LogP) is 14.4. The molecule has 0 amide bonds. The average Bonchev–Trinajstić information content (AvgIpc) is 3.72. The molecule has 248 valence electrons. The number of benzene rings is 8. The quantitative estimate of drug-likeness (QED) is 0.179. The van der Waals surface area contributed by atoms with Gasteiger partial charge in [0, 0.05) is 48.1 Å². The fourth-order valence-corrected chi connectivity index (χ4v) is 10.7. The van der Waals surface area contributed by atoms with Crippen molar-refractivity contribution >= 4 is 70.1 Å². The molecule has 2 aliphatic carbocycles. The van der Waals surface area contributed by atoms with Gasteiger partial charge in [-0.05, 0) is 133 Å². The Hall–Kier alpha value is -5.70. The molecule has 11 rings (SSSR count). The highest BCUT2D eigenvalue weighted by atomic mass is 32.1. The van der Waals surface area contributed by atoms with Crippen LogP contribution in [0.25, 0.3) is 64.0 Å². The van der Waals surface area contributed by atoms with E-state index in [2.05, 4.69) is 184 Å². The number of hydrogen-bond acceptors (Lipinski definition) is 2. The molecule has 0 unspecified atom stereocenters. The number of rotatable bonds is 3. The summed E-state index contributed by atoms with van der Waals surface area (Å²) < 4.78 is 2.72. The molecule has 9 aromatic rings. The maximum Gasteiger partial charge on any atom is 0.0468 e. The third-order valence-corrected chi connectivity index (χ3v) is 13.3. The monoisotopic (exact) mass is 683 g/mol. The minimum Gasteiger partial charge on any atom is -0.310 e. The SMILES string of the molecule is CC1(C)c2cc(N(c3ccccc3)c3ccc4cc5c(cc4c3)C(C)(C)c3c-5ccc4ccccc34)ccc2-c2cc3sc4ccccc4c3cc21. The Kier molecular flexibility index (Phi) is 6.02. The van der Waals surface area contributed by atoms with Gasteiger partial charge in [-0.3, -0.25) is 0 Å². The number of thiophene rings is 1. The Balaban J connectivity index is 1.06. The predicted molar refractivity (Wildman–Crippen MR) is 224 cm³/mol. The smallest absolute Gasteiger partial charge is 0.0468 e. The molecule has 2 heteroatoms. The molecule has 2 aliphatic rings. The summed E-state index contributed by atoms with van der Waals surface area (Å²) in [6.45, 7) is 9.58. The van der Waals surface area contributed by atoms with Crippen LogP contribution in [0.5, 0.6) is 0 Å². The van der Waals surface area contributed by atoms with Gasteiger partial charge in [0.05, 0.1) is 0 Å². The fourth-order valence-electron chi connectivity index (χ4n) is 9.57. The summed E-state index contributed by atoms with van der Waals surface area (Å²) >= 11 is 1.90. The first-order chi connectivity index (χ1) is 25.3. The highest BCUT2D eigenvalue weighted by molar-refractivity contribution is 7.25. The van der Waals surface area contributed by atoms with Crippen molar-refractivity contribution in [3.8, 4) is 22.3 Å². The second kappa shape index (κ2) is 10.4. The van der Waals surface area contributed by atoms with Crippen LogP contribution in [0.4, 0.5) is 17.1 Å². The molecule has 0 aliphatic heterocycles. The summed E-state index contributed by atoms with van der Waals surface area (Å²) in [6.07, 6.45) is 0. The van der Waals surface area contributed by atoms with Crippen molar-refractivity contribution in [1.82, 2.24) is 0 Å². The molecule has 1 nitrogen and oxygen atoms in total. The van der Waals surface area contributed by atoms with E-state index in [0.717, 1.165) is 11.4 Å². The van der Waals surface area contributed by atoms with E-state index in [-0.39, 0.29) is 10.8 Å². The molecule has 0 fully saturated rings. The van der Waals surface area contributed by atoms with Crippen LogP contribution in [0.2, 0.25) is 0 Å². The van der Waals surface area contributed by atoms with Crippen molar-refractivity contribution in [3.05, 3.63) is 174 Å². The normalized spacial score (nSPS) is 14.8. The molecule has 0 bridgehead atoms. The van der Waals surface area contributed by atoms with Gasteiger partial charge in [-0.1, -0.05) is 113 Å². The van der Waals surface area contributed by atoms with Crippen molar-refractivity contribution in [1.29, 1.82) is 0 Å². The molecule has 0 spiro atoms. The maximum atomic E-state index is 2.47. The van der Waals surface area contributed by atoms with Crippen LogP contribution in [-0.4, -0.2) is 0 Å². The van der Waals surface area contributed by atoms with Gasteiger partial charge < -0.3 is 4.90 Å². The van der Waals surface area contributed by atoms with E-state index in [1.54, 1.807) is 0 Å². The standard InChI is InChI=1S/C50H37NS/c1-49(2)44-27-35(21-23-37(44)41-29-47-42(28-45(41)49)38-16-10-11-17-46(38)52-47)51(33-13-6-5-7-14-33)34-20-18-31-25-40-39-22-19-30-12-8-9-15-36(30)48(39)50(3,4)43(40)26-32(31)24-34/h5-29H,1-4H3. The van der Waals surface area contributed by atoms with E-state index < -0.39 is 0 Å². The Morgan fingerprint density at radius 1 is 0.385 bits per heavy atom. The van der Waals surface area contributed by atoms with Crippen molar-refractivity contribution in [3.63, 3.8) is 0 Å². The highest BCUT2D eigenvalue weighted by Crippen LogP contribution is 2.55. The number of anilines is 3. The lowest BCUT2D eigenvalue weighted by Gasteiger charge is -2.28. The minimum absolute atomic E-state index is 0.101. The summed E-state index contributed by atoms with van der Waals surface area (Å²) in [4.78, 5) is 2.44. The van der Waals surface area contributed by atoms with Crippen LogP contribution >= 0.6 is 11.3 Å². The van der Waals surface area contributed by atoms with Gasteiger partial charge in [-0.15, -0.1) is 11.3 Å². The Labute approximate surface area is 308 Å². The lowest BCUT2D eigenvalue weighted by Crippen LogP contribution is -2.16. The van der Waals surface area contributed by atoms with E-state index in [1.807, 2.05) is 11.3 Å². The van der Waals surface area contributed by atoms with Gasteiger partial charge in [0.2, 0.25) is 0 Å². The summed E-state index contributed by atoms with van der Waals surface area (Å²) in [5.74, 6) is 0. The van der Waals surface area contributed by atoms with E-state index in [0.29, 0.717) is 0 Å². The van der Waals surface area contributed by atoms with Gasteiger partial charge >= 0.3 is 0 Å². The van der Waals surface area contributed by atoms with Gasteiger partial charge in [-0.25, -0.2) is 0 Å². The molecule has 1 aromatic heterocycles. The lowest BCUT2D eigenvalue weighted by molar-refractivity contribution is 0.661. The Morgan fingerprint density at radius 2 is 1.04 bits per heavy atom. The van der Waals surface area contributed by atoms with Crippen molar-refractivity contribution in [2.24, 2.45) is 0 Å². The molecular weight excluding hydrogens is 647 g/mol. The first-order valence-electron chi connectivity index (χ1n) is 18.3. The molecule has 0 saturated heterocycles. The zero-order valence-electron chi connectivity index (χ0n) is 29.8. The van der Waals surface area contributed by atoms with Gasteiger partial charge in [-0.2, -0.15) is 0 Å². The molecule has 0 saturated carbocycles. The third-order valence-electron chi connectivity index (χ3n) is 12.2. The number of hydrogen-bond donors (Lipinski definition) is 0. The average molecular weight is 684 g/mol. The zero-order chi connectivity index (χ0) is 34.9. The van der Waals surface area contributed by atoms with Crippen LogP contribution < -0.4 is 4.90 Å². The second-order valence-corrected chi connectivity index (χ2v) is 16.9. The van der Waals surface area contributed by atoms with E-state index in [1.165, 1.54) is 91.9 Å². The zero-order valence-corrected chi connectivity index (χ0v) is 30.6. The Bertz CT molecular complexity index is 2960. The lowest BCUT2D eigenvalue weighted by atomic mass is 9.80. The first kappa shape index (κ1) is 30.0. The Morgan fingerprint density at radius 3 is 1.90 bits per heavy atom. The van der Waals surface area contributed by atoms with Crippen LogP contribution in [0.1, 0.15) is 49.9 Å². The minimum atomic E-state index is -0.130. The van der Waals surface area contributed by atoms with E-state index >= 15 is 0 Å². The van der Waals surface area contributed by atoms with Crippen LogP contribution in [0.3, 0.4) is 0 Å². The summed E-state index contributed by atoms with van der Waals surface area (Å²) in [5.41, 5.74) is 14.3. The molecule has 1 heterocycles. The van der Waals surface area contributed by atoms with Crippen molar-refractivity contribution in [2.75, 3.05) is 4.90 Å². The van der Waals surface area contributed by atoms with Crippen LogP contribution in [0.15, 0.2) is 152 Å². The number of nitrogens with zero attached hydrogens (tertiary/aromatic N) is 1. The summed E-state index contributed by atoms with van der Waals surface area (Å²) in [6, 6.07) is 57.1. The highest BCUT2D eigenvalue weighted by Gasteiger charge is 2.38. The fraction of sp³-hybridized carbons (Fsp3) is 0.120. The largest absolute Gasteiger partial charge is 0.310 e. The van der Waals surface area contributed by atoms with Crippen molar-refractivity contribution in [2.45, 2.75) is 38.5 Å². The summed E-state index contributed by atoms with van der Waals surface area (Å²) in [7, 11) is 0. The molecule has 0 radical (unpaired) electrons. The summed E-state index contributed by atoms with van der Waals surface area (Å²) in [5, 5.41) is 7.93. The molecule has 8 aromatic carbocycles. The topological polar surface area (TPSA) is 3.24 Å². The molecular formula is C50H37NS. The number of fused-ring (bicyclic) bond motifs is 12. The van der Waals surface area contributed by atoms with Crippen LogP contribution in [0, 0.1) is 0 Å². The maximum absolute atomic E-state index is 2.47. The third kappa shape index (κ3) is 4.04. The molecule has 52 heavy (non-hydrogen) atoms. The number of para-hydroxylation sites is 1.